The van der Waals surface area contributed by atoms with Crippen LogP contribution < -0.4 is 5.32 Å². The minimum atomic E-state index is -0.103. The maximum atomic E-state index is 11.8. The van der Waals surface area contributed by atoms with Crippen molar-refractivity contribution >= 4 is 21.8 Å². The predicted octanol–water partition coefficient (Wildman–Crippen LogP) is 2.77. The number of rotatable bonds is 3. The second-order valence-electron chi connectivity index (χ2n) is 4.28. The lowest BCUT2D eigenvalue weighted by Gasteiger charge is -2.05. The van der Waals surface area contributed by atoms with Crippen LogP contribution in [0.15, 0.2) is 41.1 Å². The molecule has 0 radical (unpaired) electrons. The van der Waals surface area contributed by atoms with E-state index >= 15 is 0 Å². The number of hydrogen-bond donors (Lipinski definition) is 1. The van der Waals surface area contributed by atoms with Crippen LogP contribution in [0.3, 0.4) is 0 Å². The molecule has 1 amide bonds. The minimum Gasteiger partial charge on any atom is -0.350 e. The molecule has 94 valence electrons. The lowest BCUT2D eigenvalue weighted by molar-refractivity contribution is 0.0943. The Kier molecular flexibility index (Phi) is 3.81. The fraction of sp³-hybridized carbons (Fsp3) is 0.231. The Labute approximate surface area is 114 Å². The molecule has 4 nitrogen and oxygen atoms in total. The standard InChI is InChI=1S/C13H14BrN3O/c1-9(2)16-13(18)10-7-15-17(8-10)12-5-3-11(14)4-6-12/h3-9H,1-2H3,(H,16,18). The molecule has 2 aromatic rings. The van der Waals surface area contributed by atoms with Gasteiger partial charge in [0.25, 0.3) is 5.91 Å². The van der Waals surface area contributed by atoms with Crippen LogP contribution in [0.2, 0.25) is 0 Å². The highest BCUT2D eigenvalue weighted by molar-refractivity contribution is 9.10. The van der Waals surface area contributed by atoms with Crippen LogP contribution in [0.25, 0.3) is 5.69 Å². The molecule has 1 aromatic carbocycles. The summed E-state index contributed by atoms with van der Waals surface area (Å²) in [5, 5.41) is 7.02. The second kappa shape index (κ2) is 5.35. The summed E-state index contributed by atoms with van der Waals surface area (Å²) in [5.41, 5.74) is 1.48. The Balaban J connectivity index is 2.20. The van der Waals surface area contributed by atoms with Crippen molar-refractivity contribution in [3.8, 4) is 5.69 Å². The van der Waals surface area contributed by atoms with E-state index in [0.717, 1.165) is 10.2 Å². The fourth-order valence-electron chi connectivity index (χ4n) is 1.52. The van der Waals surface area contributed by atoms with Gasteiger partial charge in [-0.15, -0.1) is 0 Å². The van der Waals surface area contributed by atoms with E-state index in [9.17, 15) is 4.79 Å². The lowest BCUT2D eigenvalue weighted by Crippen LogP contribution is -2.29. The van der Waals surface area contributed by atoms with Crippen LogP contribution in [0.5, 0.6) is 0 Å². The van der Waals surface area contributed by atoms with Gasteiger partial charge < -0.3 is 5.32 Å². The maximum absolute atomic E-state index is 11.8. The highest BCUT2D eigenvalue weighted by Gasteiger charge is 2.10. The van der Waals surface area contributed by atoms with Crippen LogP contribution in [-0.4, -0.2) is 21.7 Å². The number of nitrogens with zero attached hydrogens (tertiary/aromatic N) is 2. The van der Waals surface area contributed by atoms with Crippen molar-refractivity contribution < 1.29 is 4.79 Å². The van der Waals surface area contributed by atoms with Gasteiger partial charge in [0, 0.05) is 16.7 Å². The molecule has 1 aromatic heterocycles. The van der Waals surface area contributed by atoms with E-state index in [1.165, 1.54) is 0 Å². The number of benzene rings is 1. The predicted molar refractivity (Wildman–Crippen MR) is 73.9 cm³/mol. The summed E-state index contributed by atoms with van der Waals surface area (Å²) in [5.74, 6) is -0.103. The molecule has 0 aliphatic rings. The normalized spacial score (nSPS) is 10.7. The van der Waals surface area contributed by atoms with Crippen LogP contribution in [0, 0.1) is 0 Å². The number of hydrogen-bond acceptors (Lipinski definition) is 2. The average Bonchev–Trinajstić information content (AvgIpc) is 2.78. The molecule has 1 heterocycles. The topological polar surface area (TPSA) is 46.9 Å². The molecule has 18 heavy (non-hydrogen) atoms. The first-order valence-corrected chi connectivity index (χ1v) is 6.47. The van der Waals surface area contributed by atoms with Crippen molar-refractivity contribution in [3.63, 3.8) is 0 Å². The molecule has 2 rings (SSSR count). The number of aromatic nitrogens is 2. The summed E-state index contributed by atoms with van der Waals surface area (Å²) in [4.78, 5) is 11.8. The maximum Gasteiger partial charge on any atom is 0.254 e. The molecule has 0 spiro atoms. The molecule has 1 N–H and O–H groups in total. The average molecular weight is 308 g/mol. The third kappa shape index (κ3) is 2.98. The van der Waals surface area contributed by atoms with Crippen molar-refractivity contribution in [1.29, 1.82) is 0 Å². The summed E-state index contributed by atoms with van der Waals surface area (Å²) < 4.78 is 2.69. The number of nitrogens with one attached hydrogen (secondary N) is 1. The molecule has 0 saturated carbocycles. The second-order valence-corrected chi connectivity index (χ2v) is 5.19. The molecule has 0 unspecified atom stereocenters. The summed E-state index contributed by atoms with van der Waals surface area (Å²) in [6.07, 6.45) is 3.29. The molecule has 0 saturated heterocycles. The number of amides is 1. The molecule has 0 atom stereocenters. The van der Waals surface area contributed by atoms with Gasteiger partial charge in [0.1, 0.15) is 0 Å². The summed E-state index contributed by atoms with van der Waals surface area (Å²) in [6, 6.07) is 7.85. The Hall–Kier alpha value is -1.62. The number of carbonyl (C=O) groups excluding carboxylic acids is 1. The zero-order valence-corrected chi connectivity index (χ0v) is 11.8. The first-order chi connectivity index (χ1) is 8.56. The molecular weight excluding hydrogens is 294 g/mol. The van der Waals surface area contributed by atoms with Gasteiger partial charge in [0.05, 0.1) is 17.4 Å². The van der Waals surface area contributed by atoms with Crippen molar-refractivity contribution in [1.82, 2.24) is 15.1 Å². The first-order valence-electron chi connectivity index (χ1n) is 5.68. The molecule has 5 heteroatoms. The SMILES string of the molecule is CC(C)NC(=O)c1cnn(-c2ccc(Br)cc2)c1. The van der Waals surface area contributed by atoms with Gasteiger partial charge in [-0.2, -0.15) is 5.10 Å². The van der Waals surface area contributed by atoms with Crippen LogP contribution in [-0.2, 0) is 0 Å². The Morgan fingerprint density at radius 3 is 2.61 bits per heavy atom. The van der Waals surface area contributed by atoms with Gasteiger partial charge in [0.2, 0.25) is 0 Å². The van der Waals surface area contributed by atoms with Gasteiger partial charge in [0.15, 0.2) is 0 Å². The van der Waals surface area contributed by atoms with Gasteiger partial charge >= 0.3 is 0 Å². The van der Waals surface area contributed by atoms with Crippen molar-refractivity contribution in [2.24, 2.45) is 0 Å². The monoisotopic (exact) mass is 307 g/mol. The Bertz CT molecular complexity index is 546. The summed E-state index contributed by atoms with van der Waals surface area (Å²) in [7, 11) is 0. The first kappa shape index (κ1) is 12.8. The van der Waals surface area contributed by atoms with Gasteiger partial charge in [-0.3, -0.25) is 4.79 Å². The fourth-order valence-corrected chi connectivity index (χ4v) is 1.78. The van der Waals surface area contributed by atoms with Crippen molar-refractivity contribution in [2.45, 2.75) is 19.9 Å². The molecular formula is C13H14BrN3O. The van der Waals surface area contributed by atoms with E-state index in [1.807, 2.05) is 38.1 Å². The third-order valence-electron chi connectivity index (χ3n) is 2.36. The van der Waals surface area contributed by atoms with E-state index in [-0.39, 0.29) is 11.9 Å². The van der Waals surface area contributed by atoms with Gasteiger partial charge in [-0.25, -0.2) is 4.68 Å². The van der Waals surface area contributed by atoms with E-state index in [1.54, 1.807) is 17.1 Å². The van der Waals surface area contributed by atoms with Gasteiger partial charge in [-0.1, -0.05) is 15.9 Å². The zero-order valence-electron chi connectivity index (χ0n) is 10.2. The molecule has 0 bridgehead atoms. The van der Waals surface area contributed by atoms with Crippen molar-refractivity contribution in [2.75, 3.05) is 0 Å². The van der Waals surface area contributed by atoms with Crippen LogP contribution >= 0.6 is 15.9 Å². The van der Waals surface area contributed by atoms with Crippen molar-refractivity contribution in [3.05, 3.63) is 46.7 Å². The molecule has 0 aliphatic heterocycles. The Morgan fingerprint density at radius 2 is 2.00 bits per heavy atom. The van der Waals surface area contributed by atoms with E-state index < -0.39 is 0 Å². The quantitative estimate of drug-likeness (QED) is 0.948. The summed E-state index contributed by atoms with van der Waals surface area (Å²) in [6.45, 7) is 3.86. The highest BCUT2D eigenvalue weighted by atomic mass is 79.9. The Morgan fingerprint density at radius 1 is 1.33 bits per heavy atom. The van der Waals surface area contributed by atoms with E-state index in [2.05, 4.69) is 26.3 Å². The van der Waals surface area contributed by atoms with E-state index in [0.29, 0.717) is 5.56 Å². The van der Waals surface area contributed by atoms with E-state index in [4.69, 9.17) is 0 Å². The molecule has 0 aliphatic carbocycles. The third-order valence-corrected chi connectivity index (χ3v) is 2.88. The highest BCUT2D eigenvalue weighted by Crippen LogP contribution is 2.14. The molecule has 0 fully saturated rings. The lowest BCUT2D eigenvalue weighted by atomic mass is 10.3. The zero-order chi connectivity index (χ0) is 13.1. The number of carbonyl (C=O) groups is 1. The van der Waals surface area contributed by atoms with Gasteiger partial charge in [-0.05, 0) is 38.1 Å². The number of halogens is 1. The largest absolute Gasteiger partial charge is 0.350 e. The van der Waals surface area contributed by atoms with Crippen LogP contribution in [0.4, 0.5) is 0 Å². The van der Waals surface area contributed by atoms with Crippen LogP contribution in [0.1, 0.15) is 24.2 Å². The smallest absolute Gasteiger partial charge is 0.254 e. The summed E-state index contributed by atoms with van der Waals surface area (Å²) >= 11 is 3.38. The minimum absolute atomic E-state index is 0.103.